The molecule has 1 aromatic carbocycles. The Balaban J connectivity index is 3.15. The fourth-order valence-electron chi connectivity index (χ4n) is 1.66. The molecule has 0 aliphatic carbocycles. The number of methoxy groups -OCH3 is 1. The predicted molar refractivity (Wildman–Crippen MR) is 66.3 cm³/mol. The van der Waals surface area contributed by atoms with Crippen molar-refractivity contribution in [3.63, 3.8) is 0 Å². The van der Waals surface area contributed by atoms with Crippen LogP contribution in [0, 0.1) is 0 Å². The molecule has 2 unspecified atom stereocenters. The summed E-state index contributed by atoms with van der Waals surface area (Å²) < 4.78 is 5.00. The molecule has 0 spiro atoms. The second kappa shape index (κ2) is 6.58. The second-order valence-electron chi connectivity index (χ2n) is 3.72. The monoisotopic (exact) mass is 274 g/mol. The summed E-state index contributed by atoms with van der Waals surface area (Å²) in [6.45, 7) is 0. The Morgan fingerprint density at radius 1 is 1.44 bits per heavy atom. The third-order valence-corrected chi connectivity index (χ3v) is 2.79. The third kappa shape index (κ3) is 3.13. The fraction of sp³-hybridized carbons (Fsp3) is 0.417. The largest absolute Gasteiger partial charge is 0.495 e. The topological polar surface area (TPSA) is 87.0 Å². The lowest BCUT2D eigenvalue weighted by molar-refractivity contribution is 0.0155. The third-order valence-electron chi connectivity index (χ3n) is 2.57. The Bertz CT molecular complexity index is 421. The van der Waals surface area contributed by atoms with Crippen LogP contribution in [0.15, 0.2) is 18.2 Å². The SMILES string of the molecule is COc1c(C(=O)O)cccc1C(O)C(O)CCCl. The summed E-state index contributed by atoms with van der Waals surface area (Å²) in [7, 11) is 1.31. The number of carbonyl (C=O) groups is 1. The molecule has 100 valence electrons. The lowest BCUT2D eigenvalue weighted by Crippen LogP contribution is -2.20. The van der Waals surface area contributed by atoms with Gasteiger partial charge in [0.1, 0.15) is 17.4 Å². The van der Waals surface area contributed by atoms with Gasteiger partial charge in [0.15, 0.2) is 0 Å². The van der Waals surface area contributed by atoms with Crippen molar-refractivity contribution >= 4 is 17.6 Å². The summed E-state index contributed by atoms with van der Waals surface area (Å²) in [6.07, 6.45) is -2.11. The number of hydrogen-bond acceptors (Lipinski definition) is 4. The molecule has 0 fully saturated rings. The fourth-order valence-corrected chi connectivity index (χ4v) is 1.88. The number of carboxylic acids is 1. The number of benzene rings is 1. The van der Waals surface area contributed by atoms with E-state index in [0.717, 1.165) is 0 Å². The van der Waals surface area contributed by atoms with E-state index >= 15 is 0 Å². The van der Waals surface area contributed by atoms with Gasteiger partial charge in [-0.25, -0.2) is 4.79 Å². The van der Waals surface area contributed by atoms with E-state index in [9.17, 15) is 15.0 Å². The minimum Gasteiger partial charge on any atom is -0.495 e. The van der Waals surface area contributed by atoms with Gasteiger partial charge in [0.05, 0.1) is 13.2 Å². The van der Waals surface area contributed by atoms with E-state index in [2.05, 4.69) is 0 Å². The first-order chi connectivity index (χ1) is 8.52. The maximum atomic E-state index is 11.0. The Labute approximate surface area is 110 Å². The molecule has 0 saturated heterocycles. The van der Waals surface area contributed by atoms with Crippen LogP contribution in [-0.4, -0.2) is 40.4 Å². The van der Waals surface area contributed by atoms with Crippen LogP contribution < -0.4 is 4.74 Å². The van der Waals surface area contributed by atoms with E-state index in [0.29, 0.717) is 0 Å². The number of alkyl halides is 1. The number of carboxylic acid groups (broad SMARTS) is 1. The molecule has 0 amide bonds. The summed E-state index contributed by atoms with van der Waals surface area (Å²) in [5.41, 5.74) is 0.169. The van der Waals surface area contributed by atoms with E-state index in [4.69, 9.17) is 21.4 Å². The van der Waals surface area contributed by atoms with E-state index in [1.165, 1.54) is 25.3 Å². The van der Waals surface area contributed by atoms with Crippen LogP contribution in [0.25, 0.3) is 0 Å². The maximum absolute atomic E-state index is 11.0. The van der Waals surface area contributed by atoms with Crippen LogP contribution in [0.3, 0.4) is 0 Å². The number of aliphatic hydroxyl groups is 2. The smallest absolute Gasteiger partial charge is 0.339 e. The second-order valence-corrected chi connectivity index (χ2v) is 4.10. The Hall–Kier alpha value is -1.30. The first-order valence-corrected chi connectivity index (χ1v) is 5.88. The van der Waals surface area contributed by atoms with Gasteiger partial charge < -0.3 is 20.1 Å². The van der Waals surface area contributed by atoms with E-state index in [1.807, 2.05) is 0 Å². The molecule has 18 heavy (non-hydrogen) atoms. The number of halogens is 1. The Kier molecular flexibility index (Phi) is 5.40. The zero-order valence-electron chi connectivity index (χ0n) is 9.84. The highest BCUT2D eigenvalue weighted by Gasteiger charge is 2.24. The van der Waals surface area contributed by atoms with Gasteiger partial charge in [-0.15, -0.1) is 11.6 Å². The highest BCUT2D eigenvalue weighted by molar-refractivity contribution is 6.17. The number of aliphatic hydroxyl groups excluding tert-OH is 2. The zero-order chi connectivity index (χ0) is 13.7. The molecule has 1 aromatic rings. The number of rotatable bonds is 6. The van der Waals surface area contributed by atoms with Crippen molar-refractivity contribution < 1.29 is 24.9 Å². The molecule has 0 saturated carbocycles. The minimum absolute atomic E-state index is 0.0473. The van der Waals surface area contributed by atoms with Gasteiger partial charge in [0, 0.05) is 11.4 Å². The first-order valence-electron chi connectivity index (χ1n) is 5.35. The number of aromatic carboxylic acids is 1. The van der Waals surface area contributed by atoms with E-state index < -0.39 is 18.2 Å². The molecular formula is C12H15ClO5. The first kappa shape index (κ1) is 14.8. The normalized spacial score (nSPS) is 14.0. The van der Waals surface area contributed by atoms with Crippen molar-refractivity contribution in [3.8, 4) is 5.75 Å². The summed E-state index contributed by atoms with van der Waals surface area (Å²) in [5, 5.41) is 28.6. The maximum Gasteiger partial charge on any atom is 0.339 e. The summed E-state index contributed by atoms with van der Waals surface area (Å²) in [6, 6.07) is 4.36. The van der Waals surface area contributed by atoms with Crippen molar-refractivity contribution in [2.24, 2.45) is 0 Å². The van der Waals surface area contributed by atoms with Crippen LogP contribution in [0.1, 0.15) is 28.4 Å². The molecule has 6 heteroatoms. The molecule has 0 aliphatic rings. The number of ether oxygens (including phenoxy) is 1. The molecule has 0 radical (unpaired) electrons. The van der Waals surface area contributed by atoms with Gasteiger partial charge in [-0.05, 0) is 12.5 Å². The standard InChI is InChI=1S/C12H15ClO5/c1-18-11-7(10(15)9(14)5-6-13)3-2-4-8(11)12(16)17/h2-4,9-10,14-15H,5-6H2,1H3,(H,16,17). The predicted octanol–water partition coefficient (Wildman–Crippen LogP) is 1.42. The highest BCUT2D eigenvalue weighted by atomic mass is 35.5. The zero-order valence-corrected chi connectivity index (χ0v) is 10.6. The van der Waals surface area contributed by atoms with Crippen LogP contribution in [-0.2, 0) is 0 Å². The van der Waals surface area contributed by atoms with Gasteiger partial charge in [-0.1, -0.05) is 12.1 Å². The lowest BCUT2D eigenvalue weighted by atomic mass is 9.99. The highest BCUT2D eigenvalue weighted by Crippen LogP contribution is 2.31. The average Bonchev–Trinajstić information content (AvgIpc) is 2.36. The van der Waals surface area contributed by atoms with Gasteiger partial charge >= 0.3 is 5.97 Å². The van der Waals surface area contributed by atoms with Crippen molar-refractivity contribution in [1.29, 1.82) is 0 Å². The quantitative estimate of drug-likeness (QED) is 0.683. The Morgan fingerprint density at radius 2 is 2.11 bits per heavy atom. The lowest BCUT2D eigenvalue weighted by Gasteiger charge is -2.20. The van der Waals surface area contributed by atoms with E-state index in [1.54, 1.807) is 0 Å². The summed E-state index contributed by atoms with van der Waals surface area (Å²) >= 11 is 5.49. The van der Waals surface area contributed by atoms with Gasteiger partial charge in [0.25, 0.3) is 0 Å². The van der Waals surface area contributed by atoms with Crippen molar-refractivity contribution in [3.05, 3.63) is 29.3 Å². The number of hydrogen-bond donors (Lipinski definition) is 3. The molecule has 2 atom stereocenters. The summed E-state index contributed by atoms with van der Waals surface area (Å²) in [4.78, 5) is 11.0. The Morgan fingerprint density at radius 3 is 2.61 bits per heavy atom. The van der Waals surface area contributed by atoms with Crippen LogP contribution in [0.5, 0.6) is 5.75 Å². The van der Waals surface area contributed by atoms with Crippen LogP contribution in [0.2, 0.25) is 0 Å². The van der Waals surface area contributed by atoms with Crippen molar-refractivity contribution in [1.82, 2.24) is 0 Å². The minimum atomic E-state index is -1.24. The molecule has 0 heterocycles. The molecule has 1 rings (SSSR count). The molecule has 5 nitrogen and oxygen atoms in total. The average molecular weight is 275 g/mol. The number of para-hydroxylation sites is 1. The molecule has 0 bridgehead atoms. The van der Waals surface area contributed by atoms with Crippen molar-refractivity contribution in [2.45, 2.75) is 18.6 Å². The van der Waals surface area contributed by atoms with Gasteiger partial charge in [-0.3, -0.25) is 0 Å². The molecule has 0 aliphatic heterocycles. The van der Waals surface area contributed by atoms with E-state index in [-0.39, 0.29) is 29.2 Å². The van der Waals surface area contributed by atoms with Gasteiger partial charge in [-0.2, -0.15) is 0 Å². The molecular weight excluding hydrogens is 260 g/mol. The molecule has 0 aromatic heterocycles. The molecule has 3 N–H and O–H groups in total. The van der Waals surface area contributed by atoms with Crippen LogP contribution >= 0.6 is 11.6 Å². The van der Waals surface area contributed by atoms with Crippen molar-refractivity contribution in [2.75, 3.05) is 13.0 Å². The summed E-state index contributed by atoms with van der Waals surface area (Å²) in [5.74, 6) is -0.919. The van der Waals surface area contributed by atoms with Crippen LogP contribution in [0.4, 0.5) is 0 Å². The van der Waals surface area contributed by atoms with Gasteiger partial charge in [0.2, 0.25) is 0 Å².